The van der Waals surface area contributed by atoms with Crippen LogP contribution in [-0.2, 0) is 21.1 Å². The number of rotatable bonds is 6. The van der Waals surface area contributed by atoms with Crippen molar-refractivity contribution in [2.75, 3.05) is 37.0 Å². The molecule has 19 heavy (non-hydrogen) atoms. The fourth-order valence-electron chi connectivity index (χ4n) is 1.34. The first kappa shape index (κ1) is 29.9. The van der Waals surface area contributed by atoms with Crippen molar-refractivity contribution in [1.29, 1.82) is 0 Å². The Morgan fingerprint density at radius 2 is 0.737 bits per heavy atom. The fraction of sp³-hybridized carbons (Fsp3) is 0.923. The molecular formula is C13H30P2PtSe3. The first-order valence-electron chi connectivity index (χ1n) is 6.75. The molecule has 0 nitrogen and oxygen atoms in total. The van der Waals surface area contributed by atoms with Crippen LogP contribution >= 0.6 is 15.8 Å². The minimum atomic E-state index is 0. The molecule has 0 unspecified atom stereocenters. The summed E-state index contributed by atoms with van der Waals surface area (Å²) in [5.74, 6) is 0. The van der Waals surface area contributed by atoms with Crippen LogP contribution < -0.4 is 0 Å². The number of hydrogen-bond acceptors (Lipinski definition) is 0. The van der Waals surface area contributed by atoms with Crippen LogP contribution in [0.3, 0.4) is 0 Å². The van der Waals surface area contributed by atoms with Crippen molar-refractivity contribution in [3.05, 3.63) is 0 Å². The van der Waals surface area contributed by atoms with Gasteiger partial charge in [0.05, 0.1) is 0 Å². The van der Waals surface area contributed by atoms with E-state index in [1.807, 2.05) is 0 Å². The van der Waals surface area contributed by atoms with Gasteiger partial charge in [-0.2, -0.15) is 0 Å². The van der Waals surface area contributed by atoms with Gasteiger partial charge in [0, 0.05) is 21.1 Å². The molecule has 0 atom stereocenters. The Morgan fingerprint density at radius 3 is 0.737 bits per heavy atom. The fourth-order valence-corrected chi connectivity index (χ4v) is 4.02. The van der Waals surface area contributed by atoms with Crippen molar-refractivity contribution < 1.29 is 21.1 Å². The van der Waals surface area contributed by atoms with Crippen molar-refractivity contribution >= 4 is 65.7 Å². The van der Waals surface area contributed by atoms with Gasteiger partial charge in [-0.25, -0.2) is 0 Å². The molecule has 0 saturated carbocycles. The van der Waals surface area contributed by atoms with Crippen molar-refractivity contribution in [2.24, 2.45) is 0 Å². The molecule has 0 aliphatic carbocycles. The zero-order valence-corrected chi connectivity index (χ0v) is 22.4. The molecular weight excluding hydrogens is 650 g/mol. The standard InChI is InChI=1S/2C6H15P.CSe3.Pt/c2*1-4-7(5-2)6-3;2-1(3)4;/h2*4-6H2,1-3H3;;. The van der Waals surface area contributed by atoms with E-state index in [1.165, 1.54) is 37.0 Å². The zero-order valence-electron chi connectivity index (χ0n) is 13.2. The van der Waals surface area contributed by atoms with E-state index in [0.29, 0.717) is 15.8 Å². The summed E-state index contributed by atoms with van der Waals surface area (Å²) in [6.45, 7) is 13.7. The molecule has 0 heterocycles. The van der Waals surface area contributed by atoms with Crippen LogP contribution in [0.1, 0.15) is 41.5 Å². The molecule has 0 amide bonds. The summed E-state index contributed by atoms with van der Waals surface area (Å²) in [4.78, 5) is 0. The topological polar surface area (TPSA) is 0 Å². The third kappa shape index (κ3) is 33.7. The second kappa shape index (κ2) is 25.9. The molecule has 120 valence electrons. The van der Waals surface area contributed by atoms with E-state index in [9.17, 15) is 0 Å². The van der Waals surface area contributed by atoms with Gasteiger partial charge in [-0.3, -0.25) is 0 Å². The molecule has 0 aromatic rings. The van der Waals surface area contributed by atoms with Gasteiger partial charge >= 0.3 is 49.8 Å². The van der Waals surface area contributed by atoms with E-state index in [2.05, 4.69) is 89.1 Å². The summed E-state index contributed by atoms with van der Waals surface area (Å²) >= 11 is 8.12. The Balaban J connectivity index is -0.0000000900. The van der Waals surface area contributed by atoms with E-state index in [1.54, 1.807) is 0 Å². The van der Waals surface area contributed by atoms with Gasteiger partial charge in [-0.1, -0.05) is 41.5 Å². The first-order chi connectivity index (χ1) is 8.42. The van der Waals surface area contributed by atoms with E-state index < -0.39 is 0 Å². The Labute approximate surface area is 163 Å². The van der Waals surface area contributed by atoms with Crippen molar-refractivity contribution in [3.63, 3.8) is 0 Å². The van der Waals surface area contributed by atoms with Crippen LogP contribution in [0.4, 0.5) is 0 Å². The average Bonchev–Trinajstić information content (AvgIpc) is 2.34. The van der Waals surface area contributed by atoms with E-state index in [-0.39, 0.29) is 21.1 Å². The Bertz CT molecular complexity index is 137. The van der Waals surface area contributed by atoms with Crippen LogP contribution in [0.25, 0.3) is 0 Å². The third-order valence-electron chi connectivity index (χ3n) is 2.68. The van der Waals surface area contributed by atoms with E-state index >= 15 is 0 Å². The summed E-state index contributed by atoms with van der Waals surface area (Å²) in [7, 11) is 0.892. The van der Waals surface area contributed by atoms with E-state index in [4.69, 9.17) is 0 Å². The van der Waals surface area contributed by atoms with Crippen molar-refractivity contribution in [1.82, 2.24) is 0 Å². The molecule has 2 radical (unpaired) electrons. The predicted octanol–water partition coefficient (Wildman–Crippen LogP) is 3.63. The molecule has 0 aliphatic heterocycles. The zero-order chi connectivity index (χ0) is 15.0. The number of hydrogen-bond donors (Lipinski definition) is 0. The van der Waals surface area contributed by atoms with Gasteiger partial charge in [-0.05, 0) is 37.0 Å². The Hall–Kier alpha value is 2.98. The molecule has 0 fully saturated rings. The molecule has 0 N–H and O–H groups in total. The van der Waals surface area contributed by atoms with Gasteiger partial charge < -0.3 is 0 Å². The predicted molar refractivity (Wildman–Crippen MR) is 99.4 cm³/mol. The maximum atomic E-state index is 2.71. The first-order valence-corrected chi connectivity index (χ1v) is 13.1. The molecule has 0 aliphatic rings. The van der Waals surface area contributed by atoms with Crippen LogP contribution in [0, 0.1) is 0 Å². The van der Waals surface area contributed by atoms with Gasteiger partial charge in [0.25, 0.3) is 0 Å². The SMILES string of the molecule is CCP(CC)CC.CCP(CC)CC.[Pt].[Se]C([Se])=[Se]. The Morgan fingerprint density at radius 1 is 0.632 bits per heavy atom. The van der Waals surface area contributed by atoms with E-state index in [0.717, 1.165) is 2.21 Å². The van der Waals surface area contributed by atoms with Gasteiger partial charge in [-0.15, -0.1) is 15.8 Å². The monoisotopic (exact) mass is 683 g/mol. The second-order valence-corrected chi connectivity index (χ2v) is 16.5. The molecule has 6 heteroatoms. The van der Waals surface area contributed by atoms with Crippen LogP contribution in [0.2, 0.25) is 0 Å². The normalized spacial score (nSPS) is 8.84. The minimum absolute atomic E-state index is 0. The summed E-state index contributed by atoms with van der Waals surface area (Å²) in [5.41, 5.74) is 0. The quantitative estimate of drug-likeness (QED) is 0.297. The summed E-state index contributed by atoms with van der Waals surface area (Å²) < 4.78 is 1.04. The summed E-state index contributed by atoms with van der Waals surface area (Å²) in [6.07, 6.45) is 8.51. The summed E-state index contributed by atoms with van der Waals surface area (Å²) in [6, 6.07) is 0. The average molecular weight is 680 g/mol. The van der Waals surface area contributed by atoms with Crippen LogP contribution in [0.5, 0.6) is 0 Å². The van der Waals surface area contributed by atoms with Crippen LogP contribution in [-0.4, -0.2) is 86.8 Å². The maximum absolute atomic E-state index is 2.71. The Kier molecular flexibility index (Phi) is 40.8. The second-order valence-electron chi connectivity index (χ2n) is 3.49. The summed E-state index contributed by atoms with van der Waals surface area (Å²) in [5, 5.41) is 0. The molecule has 0 rings (SSSR count). The molecule has 0 aromatic heterocycles. The van der Waals surface area contributed by atoms with Crippen LogP contribution in [0.15, 0.2) is 0 Å². The molecule has 0 aromatic carbocycles. The third-order valence-corrected chi connectivity index (χ3v) is 8.05. The van der Waals surface area contributed by atoms with Crippen molar-refractivity contribution in [2.45, 2.75) is 41.5 Å². The van der Waals surface area contributed by atoms with Crippen molar-refractivity contribution in [3.8, 4) is 0 Å². The molecule has 0 saturated heterocycles. The molecule has 0 bridgehead atoms. The van der Waals surface area contributed by atoms with Gasteiger partial charge in [0.15, 0.2) is 0 Å². The van der Waals surface area contributed by atoms with Gasteiger partial charge in [0.2, 0.25) is 0 Å². The molecule has 0 spiro atoms. The van der Waals surface area contributed by atoms with Gasteiger partial charge in [0.1, 0.15) is 0 Å².